The number of nitrogens with one attached hydrogen (secondary N) is 2. The first-order chi connectivity index (χ1) is 15.3. The zero-order valence-corrected chi connectivity index (χ0v) is 17.9. The Labute approximate surface area is 186 Å². The van der Waals surface area contributed by atoms with Gasteiger partial charge in [-0.15, -0.1) is 0 Å². The predicted molar refractivity (Wildman–Crippen MR) is 121 cm³/mol. The number of aliphatic hydroxyl groups is 1. The van der Waals surface area contributed by atoms with Gasteiger partial charge in [-0.1, -0.05) is 32.0 Å². The minimum atomic E-state index is -1.27. The second-order valence-corrected chi connectivity index (χ2v) is 8.15. The highest BCUT2D eigenvalue weighted by Crippen LogP contribution is 2.39. The zero-order chi connectivity index (χ0) is 23.4. The lowest BCUT2D eigenvalue weighted by Gasteiger charge is -2.45. The summed E-state index contributed by atoms with van der Waals surface area (Å²) in [6, 6.07) is 11.9. The van der Waals surface area contributed by atoms with Crippen molar-refractivity contribution in [1.29, 1.82) is 10.7 Å². The summed E-state index contributed by atoms with van der Waals surface area (Å²) in [5, 5.41) is 31.1. The maximum atomic E-state index is 13.9. The molecular formula is C24H26FN5O2. The Bertz CT molecular complexity index is 1090. The second-order valence-electron chi connectivity index (χ2n) is 8.15. The van der Waals surface area contributed by atoms with Crippen LogP contribution >= 0.6 is 0 Å². The fourth-order valence-corrected chi connectivity index (χ4v) is 4.18. The van der Waals surface area contributed by atoms with Crippen LogP contribution in [-0.2, 0) is 0 Å². The van der Waals surface area contributed by atoms with Crippen molar-refractivity contribution < 1.29 is 14.3 Å². The van der Waals surface area contributed by atoms with Gasteiger partial charge >= 0.3 is 0 Å². The number of fused-ring (bicyclic) bond motifs is 1. The Balaban J connectivity index is 2.13. The Morgan fingerprint density at radius 3 is 2.72 bits per heavy atom. The fraction of sp³-hybridized carbons (Fsp3) is 0.292. The number of aliphatic hydroxyl groups excluding tert-OH is 1. The third kappa shape index (κ3) is 4.48. The van der Waals surface area contributed by atoms with Crippen LogP contribution < -0.4 is 11.1 Å². The Morgan fingerprint density at radius 2 is 2.09 bits per heavy atom. The zero-order valence-electron chi connectivity index (χ0n) is 17.9. The summed E-state index contributed by atoms with van der Waals surface area (Å²) in [5.74, 6) is -1.39. The van der Waals surface area contributed by atoms with Gasteiger partial charge in [0.2, 0.25) is 0 Å². The number of amides is 1. The minimum Gasteiger partial charge on any atom is -0.404 e. The van der Waals surface area contributed by atoms with Crippen LogP contribution in [0.4, 0.5) is 10.1 Å². The lowest BCUT2D eigenvalue weighted by atomic mass is 9.78. The number of anilines is 1. The van der Waals surface area contributed by atoms with Gasteiger partial charge in [0.15, 0.2) is 0 Å². The summed E-state index contributed by atoms with van der Waals surface area (Å²) in [7, 11) is 0. The standard InChI is InChI=1S/C24H26FN5O2/c1-14(2)13-30-22(16(11-27)12-28)21(19-5-3-4-6-20(19)24(30)32)23(31)29-18-8-15(10-26)7-17(25)9-18/h3-9,11-12,14,21-23,27,29,31H,13,28H2,1-2H3/b16-12+,27-11?/t21-,22+,23?/m0/s1. The molecule has 1 amide bonds. The van der Waals surface area contributed by atoms with Crippen molar-refractivity contribution in [2.75, 3.05) is 11.9 Å². The summed E-state index contributed by atoms with van der Waals surface area (Å²) in [6.45, 7) is 4.34. The number of rotatable bonds is 7. The number of nitrogens with two attached hydrogens (primary N) is 1. The number of carbonyl (C=O) groups is 1. The summed E-state index contributed by atoms with van der Waals surface area (Å²) in [5.41, 5.74) is 7.57. The molecule has 32 heavy (non-hydrogen) atoms. The Hall–Kier alpha value is -3.70. The van der Waals surface area contributed by atoms with E-state index in [1.54, 1.807) is 29.2 Å². The van der Waals surface area contributed by atoms with E-state index in [1.807, 2.05) is 19.9 Å². The van der Waals surface area contributed by atoms with Crippen LogP contribution in [0.25, 0.3) is 0 Å². The first-order valence-electron chi connectivity index (χ1n) is 10.3. The normalized spacial score (nSPS) is 19.3. The lowest BCUT2D eigenvalue weighted by Crippen LogP contribution is -2.54. The molecule has 3 rings (SSSR count). The molecule has 7 nitrogen and oxygen atoms in total. The Kier molecular flexibility index (Phi) is 6.91. The molecule has 1 heterocycles. The molecule has 166 valence electrons. The molecule has 0 saturated carbocycles. The molecule has 1 aliphatic heterocycles. The lowest BCUT2D eigenvalue weighted by molar-refractivity contribution is 0.0521. The van der Waals surface area contributed by atoms with Gasteiger partial charge in [-0.2, -0.15) is 5.26 Å². The van der Waals surface area contributed by atoms with E-state index < -0.39 is 24.0 Å². The van der Waals surface area contributed by atoms with Gasteiger partial charge in [0, 0.05) is 35.8 Å². The van der Waals surface area contributed by atoms with E-state index in [9.17, 15) is 14.3 Å². The van der Waals surface area contributed by atoms with Crippen LogP contribution in [0.5, 0.6) is 0 Å². The van der Waals surface area contributed by atoms with Crippen LogP contribution in [0.2, 0.25) is 0 Å². The van der Waals surface area contributed by atoms with Gasteiger partial charge < -0.3 is 26.5 Å². The van der Waals surface area contributed by atoms with Crippen LogP contribution in [0.3, 0.4) is 0 Å². The van der Waals surface area contributed by atoms with E-state index in [-0.39, 0.29) is 23.1 Å². The van der Waals surface area contributed by atoms with Crippen LogP contribution in [0.15, 0.2) is 54.2 Å². The first-order valence-corrected chi connectivity index (χ1v) is 10.3. The highest BCUT2D eigenvalue weighted by Gasteiger charge is 2.44. The van der Waals surface area contributed by atoms with E-state index in [1.165, 1.54) is 18.3 Å². The van der Waals surface area contributed by atoms with Crippen molar-refractivity contribution in [3.8, 4) is 6.07 Å². The SMILES string of the molecule is CC(C)CN1C(=O)c2ccccc2[C@H](C(O)Nc2cc(F)cc(C#N)c2)[C@H]1/C(C=N)=C/N. The molecule has 0 bridgehead atoms. The average molecular weight is 436 g/mol. The van der Waals surface area contributed by atoms with Crippen LogP contribution in [-0.4, -0.2) is 40.9 Å². The van der Waals surface area contributed by atoms with Crippen molar-refractivity contribution in [2.45, 2.75) is 32.0 Å². The Morgan fingerprint density at radius 1 is 1.38 bits per heavy atom. The highest BCUT2D eigenvalue weighted by molar-refractivity contribution is 5.99. The third-order valence-corrected chi connectivity index (χ3v) is 5.43. The molecule has 2 aromatic rings. The van der Waals surface area contributed by atoms with Gasteiger partial charge in [0.25, 0.3) is 5.91 Å². The molecule has 0 fully saturated rings. The van der Waals surface area contributed by atoms with Gasteiger partial charge in [-0.05, 0) is 35.7 Å². The molecule has 8 heteroatoms. The summed E-state index contributed by atoms with van der Waals surface area (Å²) in [6.07, 6.45) is 1.07. The molecule has 0 aliphatic carbocycles. The van der Waals surface area contributed by atoms with E-state index in [0.29, 0.717) is 23.2 Å². The second kappa shape index (κ2) is 9.62. The summed E-state index contributed by atoms with van der Waals surface area (Å²) in [4.78, 5) is 15.0. The molecule has 0 saturated heterocycles. The van der Waals surface area contributed by atoms with E-state index in [0.717, 1.165) is 12.3 Å². The molecule has 5 N–H and O–H groups in total. The van der Waals surface area contributed by atoms with Crippen molar-refractivity contribution >= 4 is 17.8 Å². The van der Waals surface area contributed by atoms with Crippen molar-refractivity contribution in [1.82, 2.24) is 4.90 Å². The number of hydrogen-bond donors (Lipinski definition) is 4. The largest absolute Gasteiger partial charge is 0.404 e. The monoisotopic (exact) mass is 435 g/mol. The minimum absolute atomic E-state index is 0.110. The molecule has 0 aromatic heterocycles. The van der Waals surface area contributed by atoms with E-state index >= 15 is 0 Å². The third-order valence-electron chi connectivity index (χ3n) is 5.43. The summed E-state index contributed by atoms with van der Waals surface area (Å²) < 4.78 is 13.9. The average Bonchev–Trinajstić information content (AvgIpc) is 2.76. The topological polar surface area (TPSA) is 126 Å². The van der Waals surface area contributed by atoms with Crippen molar-refractivity contribution in [3.05, 3.63) is 76.7 Å². The quantitative estimate of drug-likeness (QED) is 0.392. The molecule has 0 radical (unpaired) electrons. The van der Waals surface area contributed by atoms with Gasteiger partial charge in [0.05, 0.1) is 23.6 Å². The van der Waals surface area contributed by atoms with E-state index in [2.05, 4.69) is 5.32 Å². The van der Waals surface area contributed by atoms with E-state index in [4.69, 9.17) is 16.4 Å². The molecule has 0 spiro atoms. The van der Waals surface area contributed by atoms with Crippen molar-refractivity contribution in [2.24, 2.45) is 11.7 Å². The number of halogens is 1. The maximum absolute atomic E-state index is 13.9. The number of nitrogens with zero attached hydrogens (tertiary/aromatic N) is 2. The maximum Gasteiger partial charge on any atom is 0.254 e. The molecule has 1 unspecified atom stereocenters. The molecule has 1 aliphatic rings. The van der Waals surface area contributed by atoms with Crippen molar-refractivity contribution in [3.63, 3.8) is 0 Å². The molecule has 2 aromatic carbocycles. The summed E-state index contributed by atoms with van der Waals surface area (Å²) >= 11 is 0. The van der Waals surface area contributed by atoms with Crippen LogP contribution in [0, 0.1) is 28.5 Å². The van der Waals surface area contributed by atoms with Gasteiger partial charge in [-0.3, -0.25) is 4.79 Å². The number of nitriles is 1. The number of benzene rings is 2. The smallest absolute Gasteiger partial charge is 0.254 e. The van der Waals surface area contributed by atoms with Gasteiger partial charge in [0.1, 0.15) is 12.0 Å². The van der Waals surface area contributed by atoms with Gasteiger partial charge in [-0.25, -0.2) is 4.39 Å². The molecule has 3 atom stereocenters. The highest BCUT2D eigenvalue weighted by atomic mass is 19.1. The molecular weight excluding hydrogens is 409 g/mol. The number of hydrogen-bond acceptors (Lipinski definition) is 6. The first kappa shape index (κ1) is 23.0. The van der Waals surface area contributed by atoms with Crippen LogP contribution in [0.1, 0.15) is 41.3 Å². The fourth-order valence-electron chi connectivity index (χ4n) is 4.18. The number of carbonyl (C=O) groups excluding carboxylic acids is 1. The predicted octanol–water partition coefficient (Wildman–Crippen LogP) is 3.18.